The number of rotatable bonds is 7. The van der Waals surface area contributed by atoms with E-state index in [1.165, 1.54) is 5.56 Å². The summed E-state index contributed by atoms with van der Waals surface area (Å²) in [6, 6.07) is 25.5. The van der Waals surface area contributed by atoms with E-state index in [0.717, 1.165) is 22.5 Å². The van der Waals surface area contributed by atoms with E-state index >= 15 is 0 Å². The fourth-order valence-electron chi connectivity index (χ4n) is 3.73. The lowest BCUT2D eigenvalue weighted by molar-refractivity contribution is 0.602. The molecule has 0 radical (unpaired) electrons. The van der Waals surface area contributed by atoms with Gasteiger partial charge in [-0.1, -0.05) is 35.9 Å². The zero-order chi connectivity index (χ0) is 25.1. The van der Waals surface area contributed by atoms with E-state index in [-0.39, 0.29) is 4.90 Å². The van der Waals surface area contributed by atoms with Gasteiger partial charge in [-0.2, -0.15) is 4.98 Å². The summed E-state index contributed by atoms with van der Waals surface area (Å²) in [5.74, 6) is 1.10. The van der Waals surface area contributed by atoms with E-state index in [1.807, 2.05) is 56.3 Å². The lowest BCUT2D eigenvalue weighted by atomic mass is 10.2. The number of hydrogen-bond donors (Lipinski definition) is 3. The van der Waals surface area contributed by atoms with Crippen LogP contribution in [0.25, 0.3) is 10.9 Å². The van der Waals surface area contributed by atoms with Crippen molar-refractivity contribution in [3.63, 3.8) is 0 Å². The van der Waals surface area contributed by atoms with E-state index in [0.29, 0.717) is 23.0 Å². The molecule has 0 atom stereocenters. The molecule has 36 heavy (non-hydrogen) atoms. The molecule has 2 aromatic heterocycles. The summed E-state index contributed by atoms with van der Waals surface area (Å²) in [5, 5.41) is 7.23. The van der Waals surface area contributed by atoms with Crippen molar-refractivity contribution >= 4 is 49.8 Å². The van der Waals surface area contributed by atoms with Gasteiger partial charge in [0.25, 0.3) is 10.0 Å². The highest BCUT2D eigenvalue weighted by Crippen LogP contribution is 2.25. The second-order valence-corrected chi connectivity index (χ2v) is 10.00. The van der Waals surface area contributed by atoms with Crippen LogP contribution in [0.3, 0.4) is 0 Å². The number of para-hydroxylation sites is 1. The van der Waals surface area contributed by atoms with Gasteiger partial charge in [0, 0.05) is 40.4 Å². The minimum Gasteiger partial charge on any atom is -0.340 e. The molecule has 0 spiro atoms. The predicted molar refractivity (Wildman–Crippen MR) is 144 cm³/mol. The Morgan fingerprint density at radius 2 is 1.39 bits per heavy atom. The predicted octanol–water partition coefficient (Wildman–Crippen LogP) is 5.93. The molecule has 5 rings (SSSR count). The summed E-state index contributed by atoms with van der Waals surface area (Å²) in [6.45, 7) is 3.93. The Labute approximate surface area is 209 Å². The molecule has 5 aromatic rings. The summed E-state index contributed by atoms with van der Waals surface area (Å²) in [7, 11) is -3.82. The Hall–Kier alpha value is -4.50. The minimum atomic E-state index is -3.82. The van der Waals surface area contributed by atoms with Crippen LogP contribution in [-0.4, -0.2) is 23.4 Å². The zero-order valence-electron chi connectivity index (χ0n) is 19.7. The molecular weight excluding hydrogens is 472 g/mol. The Balaban J connectivity index is 1.31. The van der Waals surface area contributed by atoms with E-state index in [4.69, 9.17) is 0 Å². The first-order valence-corrected chi connectivity index (χ1v) is 12.8. The van der Waals surface area contributed by atoms with Gasteiger partial charge in [0.05, 0.1) is 5.52 Å². The van der Waals surface area contributed by atoms with Crippen LogP contribution >= 0.6 is 0 Å². The molecule has 0 saturated carbocycles. The fourth-order valence-corrected chi connectivity index (χ4v) is 4.97. The van der Waals surface area contributed by atoms with Crippen molar-refractivity contribution in [3.8, 4) is 0 Å². The lowest BCUT2D eigenvalue weighted by Crippen LogP contribution is -2.13. The molecule has 3 aromatic carbocycles. The molecule has 0 aliphatic carbocycles. The van der Waals surface area contributed by atoms with E-state index in [2.05, 4.69) is 30.3 Å². The fraction of sp³-hybridized carbons (Fsp3) is 0.0741. The molecule has 0 saturated heterocycles. The number of anilines is 5. The third-order valence-corrected chi connectivity index (χ3v) is 6.87. The molecule has 0 aliphatic rings. The van der Waals surface area contributed by atoms with Crippen LogP contribution in [0.5, 0.6) is 0 Å². The number of hydrogen-bond acceptors (Lipinski definition) is 7. The van der Waals surface area contributed by atoms with Crippen molar-refractivity contribution in [1.82, 2.24) is 15.0 Å². The van der Waals surface area contributed by atoms with Crippen molar-refractivity contribution in [2.75, 3.05) is 15.4 Å². The largest absolute Gasteiger partial charge is 0.340 e. The zero-order valence-corrected chi connectivity index (χ0v) is 20.5. The van der Waals surface area contributed by atoms with Gasteiger partial charge in [0.15, 0.2) is 0 Å². The maximum Gasteiger partial charge on any atom is 0.264 e. The molecule has 0 amide bonds. The highest BCUT2D eigenvalue weighted by atomic mass is 32.2. The van der Waals surface area contributed by atoms with Crippen LogP contribution in [0.15, 0.2) is 96.0 Å². The van der Waals surface area contributed by atoms with Crippen LogP contribution in [-0.2, 0) is 10.0 Å². The first kappa shape index (κ1) is 23.3. The number of pyridine rings is 1. The number of aryl methyl sites for hydroxylation is 2. The van der Waals surface area contributed by atoms with Gasteiger partial charge < -0.3 is 10.6 Å². The molecule has 0 fully saturated rings. The van der Waals surface area contributed by atoms with Crippen LogP contribution in [0.4, 0.5) is 28.8 Å². The van der Waals surface area contributed by atoms with Crippen molar-refractivity contribution < 1.29 is 8.42 Å². The van der Waals surface area contributed by atoms with Crippen LogP contribution in [0.2, 0.25) is 0 Å². The maximum atomic E-state index is 13.0. The van der Waals surface area contributed by atoms with Crippen LogP contribution in [0.1, 0.15) is 11.3 Å². The second kappa shape index (κ2) is 9.63. The summed E-state index contributed by atoms with van der Waals surface area (Å²) in [5.41, 5.74) is 4.50. The lowest BCUT2D eigenvalue weighted by Gasteiger charge is -2.12. The van der Waals surface area contributed by atoms with E-state index in [1.54, 1.807) is 48.7 Å². The van der Waals surface area contributed by atoms with Crippen LogP contribution < -0.4 is 15.4 Å². The van der Waals surface area contributed by atoms with Gasteiger partial charge in [0.2, 0.25) is 5.95 Å². The Bertz CT molecular complexity index is 1630. The highest BCUT2D eigenvalue weighted by Gasteiger charge is 2.18. The maximum absolute atomic E-state index is 13.0. The molecule has 0 bridgehead atoms. The topological polar surface area (TPSA) is 109 Å². The molecule has 2 heterocycles. The van der Waals surface area contributed by atoms with Crippen LogP contribution in [0, 0.1) is 13.8 Å². The molecule has 0 unspecified atom stereocenters. The van der Waals surface area contributed by atoms with Crippen molar-refractivity contribution in [2.45, 2.75) is 18.7 Å². The van der Waals surface area contributed by atoms with Gasteiger partial charge in [-0.3, -0.25) is 9.71 Å². The Kier molecular flexibility index (Phi) is 6.22. The van der Waals surface area contributed by atoms with E-state index < -0.39 is 10.0 Å². The van der Waals surface area contributed by atoms with Gasteiger partial charge >= 0.3 is 0 Å². The van der Waals surface area contributed by atoms with Gasteiger partial charge in [-0.15, -0.1) is 0 Å². The summed E-state index contributed by atoms with van der Waals surface area (Å²) in [4.78, 5) is 13.4. The number of benzene rings is 3. The smallest absolute Gasteiger partial charge is 0.264 e. The quantitative estimate of drug-likeness (QED) is 0.256. The monoisotopic (exact) mass is 496 g/mol. The van der Waals surface area contributed by atoms with Gasteiger partial charge in [0.1, 0.15) is 10.7 Å². The van der Waals surface area contributed by atoms with Gasteiger partial charge in [-0.05, 0) is 62.4 Å². The molecule has 8 nitrogen and oxygen atoms in total. The van der Waals surface area contributed by atoms with Crippen molar-refractivity contribution in [1.29, 1.82) is 0 Å². The normalized spacial score (nSPS) is 11.3. The van der Waals surface area contributed by atoms with E-state index in [9.17, 15) is 8.42 Å². The molecule has 0 aliphatic heterocycles. The van der Waals surface area contributed by atoms with Crippen molar-refractivity contribution in [3.05, 3.63) is 102 Å². The molecule has 9 heteroatoms. The summed E-state index contributed by atoms with van der Waals surface area (Å²) < 4.78 is 28.7. The minimum absolute atomic E-state index is 0.132. The highest BCUT2D eigenvalue weighted by molar-refractivity contribution is 7.93. The SMILES string of the molecule is Cc1ccc(Nc2nc(C)cc(Nc3ccc(NS(=O)(=O)c4cccc5cccnc45)cc3)n2)cc1. The van der Waals surface area contributed by atoms with Crippen molar-refractivity contribution in [2.24, 2.45) is 0 Å². The Morgan fingerprint density at radius 3 is 2.17 bits per heavy atom. The first-order chi connectivity index (χ1) is 17.4. The molecule has 3 N–H and O–H groups in total. The number of fused-ring (bicyclic) bond motifs is 1. The number of aromatic nitrogens is 3. The third kappa shape index (κ3) is 5.26. The second-order valence-electron chi connectivity index (χ2n) is 8.35. The summed E-state index contributed by atoms with van der Waals surface area (Å²) >= 11 is 0. The number of nitrogens with zero attached hydrogens (tertiary/aromatic N) is 3. The van der Waals surface area contributed by atoms with Gasteiger partial charge in [-0.25, -0.2) is 13.4 Å². The summed E-state index contributed by atoms with van der Waals surface area (Å²) in [6.07, 6.45) is 1.58. The number of sulfonamides is 1. The molecular formula is C27H24N6O2S. The first-order valence-electron chi connectivity index (χ1n) is 11.3. The number of nitrogens with one attached hydrogen (secondary N) is 3. The average molecular weight is 497 g/mol. The Morgan fingerprint density at radius 1 is 0.722 bits per heavy atom. The average Bonchev–Trinajstić information content (AvgIpc) is 2.86. The molecule has 180 valence electrons. The third-order valence-electron chi connectivity index (χ3n) is 5.46. The standard InChI is InChI=1S/C27H24N6O2S/c1-18-8-10-22(11-9-18)31-27-29-19(2)17-25(32-27)30-21-12-14-23(15-13-21)33-36(34,35)24-7-3-5-20-6-4-16-28-26(20)24/h3-17,33H,1-2H3,(H2,29,30,31,32).